The van der Waals surface area contributed by atoms with Crippen LogP contribution in [0.4, 0.5) is 10.2 Å². The molecular formula is C20H18FN3O3. The maximum absolute atomic E-state index is 13.1. The molecule has 1 amide bonds. The van der Waals surface area contributed by atoms with Gasteiger partial charge in [-0.25, -0.2) is 4.39 Å². The molecule has 0 spiro atoms. The molecule has 0 saturated carbocycles. The number of methoxy groups -OCH3 is 1. The number of hydrogen-bond acceptors (Lipinski definition) is 4. The summed E-state index contributed by atoms with van der Waals surface area (Å²) in [5, 5.41) is 9.64. The highest BCUT2D eigenvalue weighted by molar-refractivity contribution is 5.94. The lowest BCUT2D eigenvalue weighted by Crippen LogP contribution is -2.23. The van der Waals surface area contributed by atoms with Crippen LogP contribution < -0.4 is 14.8 Å². The van der Waals surface area contributed by atoms with E-state index in [9.17, 15) is 9.18 Å². The molecule has 0 bridgehead atoms. The number of carbonyl (C=O) groups is 1. The van der Waals surface area contributed by atoms with E-state index >= 15 is 0 Å². The van der Waals surface area contributed by atoms with Crippen LogP contribution in [-0.4, -0.2) is 23.2 Å². The maximum Gasteiger partial charge on any atom is 0.226 e. The molecule has 1 aliphatic rings. The molecular weight excluding hydrogens is 349 g/mol. The molecule has 0 fully saturated rings. The zero-order valence-electron chi connectivity index (χ0n) is 14.7. The molecule has 6 nitrogen and oxygen atoms in total. The SMILES string of the molecule is COc1cccc([C@@H]2CC(=O)Nc3[nH]ncc32)c1OCc1ccc(F)cc1. The van der Waals surface area contributed by atoms with Gasteiger partial charge in [0.05, 0.1) is 13.3 Å². The van der Waals surface area contributed by atoms with E-state index in [2.05, 4.69) is 15.5 Å². The van der Waals surface area contributed by atoms with E-state index in [4.69, 9.17) is 9.47 Å². The monoisotopic (exact) mass is 367 g/mol. The second-order valence-corrected chi connectivity index (χ2v) is 6.30. The average molecular weight is 367 g/mol. The number of nitrogens with one attached hydrogen (secondary N) is 2. The highest BCUT2D eigenvalue weighted by atomic mass is 19.1. The van der Waals surface area contributed by atoms with Gasteiger partial charge in [0.15, 0.2) is 11.5 Å². The predicted molar refractivity (Wildman–Crippen MR) is 97.4 cm³/mol. The molecule has 0 aliphatic carbocycles. The van der Waals surface area contributed by atoms with E-state index in [1.165, 1.54) is 12.1 Å². The molecule has 0 unspecified atom stereocenters. The van der Waals surface area contributed by atoms with Crippen molar-refractivity contribution in [2.75, 3.05) is 12.4 Å². The summed E-state index contributed by atoms with van der Waals surface area (Å²) in [4.78, 5) is 12.1. The second kappa shape index (κ2) is 7.11. The number of benzene rings is 2. The van der Waals surface area contributed by atoms with Crippen molar-refractivity contribution in [2.45, 2.75) is 18.9 Å². The minimum absolute atomic E-state index is 0.0935. The third-order valence-electron chi connectivity index (χ3n) is 4.60. The van der Waals surface area contributed by atoms with Crippen LogP contribution in [0.1, 0.15) is 29.0 Å². The first-order chi connectivity index (χ1) is 13.2. The third-order valence-corrected chi connectivity index (χ3v) is 4.60. The quantitative estimate of drug-likeness (QED) is 0.722. The smallest absolute Gasteiger partial charge is 0.226 e. The van der Waals surface area contributed by atoms with Gasteiger partial charge >= 0.3 is 0 Å². The van der Waals surface area contributed by atoms with Crippen molar-refractivity contribution < 1.29 is 18.7 Å². The van der Waals surface area contributed by atoms with Crippen LogP contribution in [0.2, 0.25) is 0 Å². The molecule has 7 heteroatoms. The topological polar surface area (TPSA) is 76.2 Å². The van der Waals surface area contributed by atoms with Crippen molar-refractivity contribution in [2.24, 2.45) is 0 Å². The van der Waals surface area contributed by atoms with Crippen LogP contribution in [0.3, 0.4) is 0 Å². The Hall–Kier alpha value is -3.35. The molecule has 27 heavy (non-hydrogen) atoms. The fourth-order valence-electron chi connectivity index (χ4n) is 3.28. The van der Waals surface area contributed by atoms with E-state index in [1.54, 1.807) is 25.4 Å². The minimum atomic E-state index is -0.294. The number of fused-ring (bicyclic) bond motifs is 1. The van der Waals surface area contributed by atoms with Crippen molar-refractivity contribution in [3.63, 3.8) is 0 Å². The summed E-state index contributed by atoms with van der Waals surface area (Å²) in [6.45, 7) is 0.255. The number of ether oxygens (including phenoxy) is 2. The number of nitrogens with zero attached hydrogens (tertiary/aromatic N) is 1. The van der Waals surface area contributed by atoms with Gasteiger partial charge in [-0.05, 0) is 23.8 Å². The summed E-state index contributed by atoms with van der Waals surface area (Å²) in [7, 11) is 1.57. The summed E-state index contributed by atoms with van der Waals surface area (Å²) < 4.78 is 24.6. The normalized spacial score (nSPS) is 15.8. The summed E-state index contributed by atoms with van der Waals surface area (Å²) in [5.74, 6) is 1.15. The van der Waals surface area contributed by atoms with Gasteiger partial charge in [0.1, 0.15) is 18.2 Å². The number of hydrogen-bond donors (Lipinski definition) is 2. The molecule has 4 rings (SSSR count). The molecule has 1 atom stereocenters. The van der Waals surface area contributed by atoms with Gasteiger partial charge in [0.2, 0.25) is 5.91 Å². The zero-order chi connectivity index (χ0) is 18.8. The van der Waals surface area contributed by atoms with E-state index in [0.717, 1.165) is 16.7 Å². The van der Waals surface area contributed by atoms with Gasteiger partial charge in [0.25, 0.3) is 0 Å². The molecule has 1 aromatic heterocycles. The van der Waals surface area contributed by atoms with Gasteiger partial charge in [-0.15, -0.1) is 0 Å². The van der Waals surface area contributed by atoms with Gasteiger partial charge in [-0.2, -0.15) is 5.10 Å². The van der Waals surface area contributed by atoms with Gasteiger partial charge < -0.3 is 14.8 Å². The van der Waals surface area contributed by atoms with Gasteiger partial charge in [-0.1, -0.05) is 24.3 Å². The Kier molecular flexibility index (Phi) is 4.50. The lowest BCUT2D eigenvalue weighted by Gasteiger charge is -2.25. The van der Waals surface area contributed by atoms with Crippen LogP contribution in [0.15, 0.2) is 48.7 Å². The van der Waals surface area contributed by atoms with Crippen LogP contribution in [0.25, 0.3) is 0 Å². The van der Waals surface area contributed by atoms with E-state index in [1.807, 2.05) is 18.2 Å². The number of H-pyrrole nitrogens is 1. The molecule has 1 aliphatic heterocycles. The Morgan fingerprint density at radius 3 is 2.78 bits per heavy atom. The first-order valence-electron chi connectivity index (χ1n) is 8.53. The lowest BCUT2D eigenvalue weighted by atomic mass is 9.86. The predicted octanol–water partition coefficient (Wildman–Crippen LogP) is 3.61. The molecule has 2 aromatic carbocycles. The van der Waals surface area contributed by atoms with E-state index in [-0.39, 0.29) is 30.7 Å². The molecule has 138 valence electrons. The Morgan fingerprint density at radius 1 is 1.19 bits per heavy atom. The number of rotatable bonds is 5. The summed E-state index contributed by atoms with van der Waals surface area (Å²) >= 11 is 0. The van der Waals surface area contributed by atoms with E-state index in [0.29, 0.717) is 17.3 Å². The van der Waals surface area contributed by atoms with Gasteiger partial charge in [-0.3, -0.25) is 9.89 Å². The number of halogens is 1. The lowest BCUT2D eigenvalue weighted by molar-refractivity contribution is -0.116. The largest absolute Gasteiger partial charge is 0.493 e. The maximum atomic E-state index is 13.1. The van der Waals surface area contributed by atoms with Crippen molar-refractivity contribution in [3.05, 3.63) is 71.2 Å². The first-order valence-corrected chi connectivity index (χ1v) is 8.53. The molecule has 3 aromatic rings. The average Bonchev–Trinajstić information content (AvgIpc) is 3.15. The van der Waals surface area contributed by atoms with E-state index < -0.39 is 0 Å². The third kappa shape index (κ3) is 3.36. The Labute approximate surface area is 155 Å². The van der Waals surface area contributed by atoms with Crippen LogP contribution in [-0.2, 0) is 11.4 Å². The first kappa shape index (κ1) is 17.1. The number of aromatic nitrogens is 2. The molecule has 2 N–H and O–H groups in total. The van der Waals surface area contributed by atoms with Gasteiger partial charge in [0, 0.05) is 23.5 Å². The molecule has 0 radical (unpaired) electrons. The highest BCUT2D eigenvalue weighted by Gasteiger charge is 2.31. The summed E-state index contributed by atoms with van der Waals surface area (Å²) in [5.41, 5.74) is 2.57. The number of amides is 1. The highest BCUT2D eigenvalue weighted by Crippen LogP contribution is 2.43. The Balaban J connectivity index is 1.69. The van der Waals surface area contributed by atoms with Crippen LogP contribution in [0.5, 0.6) is 11.5 Å². The van der Waals surface area contributed by atoms with Crippen LogP contribution in [0, 0.1) is 5.82 Å². The van der Waals surface area contributed by atoms with Crippen molar-refractivity contribution in [1.29, 1.82) is 0 Å². The Bertz CT molecular complexity index is 969. The Morgan fingerprint density at radius 2 is 2.00 bits per heavy atom. The second-order valence-electron chi connectivity index (χ2n) is 6.30. The minimum Gasteiger partial charge on any atom is -0.493 e. The van der Waals surface area contributed by atoms with Crippen molar-refractivity contribution in [1.82, 2.24) is 10.2 Å². The standard InChI is InChI=1S/C20H18FN3O3/c1-26-17-4-2-3-14(15-9-18(25)23-20-16(15)10-22-24-20)19(17)27-11-12-5-7-13(21)8-6-12/h2-8,10,15H,9,11H2,1H3,(H2,22,23,24,25)/t15-/m0/s1. The number of anilines is 1. The number of carbonyl (C=O) groups excluding carboxylic acids is 1. The summed E-state index contributed by atoms with van der Waals surface area (Å²) in [6, 6.07) is 11.7. The van der Waals surface area contributed by atoms with Crippen molar-refractivity contribution >= 4 is 11.7 Å². The summed E-state index contributed by atoms with van der Waals surface area (Å²) in [6.07, 6.45) is 2.00. The number of aromatic amines is 1. The van der Waals surface area contributed by atoms with Crippen LogP contribution >= 0.6 is 0 Å². The zero-order valence-corrected chi connectivity index (χ0v) is 14.7. The fraction of sp³-hybridized carbons (Fsp3) is 0.200. The molecule has 2 heterocycles. The fourth-order valence-corrected chi connectivity index (χ4v) is 3.28. The molecule has 0 saturated heterocycles. The van der Waals surface area contributed by atoms with Crippen molar-refractivity contribution in [3.8, 4) is 11.5 Å². The number of para-hydroxylation sites is 1.